The molecule has 2 heterocycles. The quantitative estimate of drug-likeness (QED) is 0.834. The monoisotopic (exact) mass is 317 g/mol. The van der Waals surface area contributed by atoms with Crippen LogP contribution in [0.4, 0.5) is 0 Å². The van der Waals surface area contributed by atoms with E-state index in [1.165, 1.54) is 9.58 Å². The van der Waals surface area contributed by atoms with Crippen LogP contribution in [0.15, 0.2) is 35.3 Å². The fraction of sp³-hybridized carbons (Fsp3) is 0.333. The Morgan fingerprint density at radius 2 is 2.13 bits per heavy atom. The summed E-state index contributed by atoms with van der Waals surface area (Å²) in [6, 6.07) is 5.85. The van der Waals surface area contributed by atoms with Crippen molar-refractivity contribution in [3.05, 3.63) is 40.7 Å². The summed E-state index contributed by atoms with van der Waals surface area (Å²) in [5.41, 5.74) is 0.313. The van der Waals surface area contributed by atoms with E-state index in [0.717, 1.165) is 6.20 Å². The molecule has 8 heteroatoms. The highest BCUT2D eigenvalue weighted by Gasteiger charge is 2.32. The average molecular weight is 317 g/mol. The van der Waals surface area contributed by atoms with E-state index in [1.807, 2.05) is 0 Å². The Kier molecular flexibility index (Phi) is 4.07. The van der Waals surface area contributed by atoms with Crippen molar-refractivity contribution in [2.45, 2.75) is 12.6 Å². The number of nitrogens with zero attached hydrogens (tertiary/aromatic N) is 3. The van der Waals surface area contributed by atoms with E-state index in [4.69, 9.17) is 4.74 Å². The minimum absolute atomic E-state index is 0.0284. The highest BCUT2D eigenvalue weighted by atomic mass is 16.5. The van der Waals surface area contributed by atoms with Crippen molar-refractivity contribution >= 4 is 22.8 Å². The molecule has 0 radical (unpaired) electrons. The molecule has 1 atom stereocenters. The lowest BCUT2D eigenvalue weighted by atomic mass is 10.2. The van der Waals surface area contributed by atoms with E-state index in [9.17, 15) is 19.5 Å². The number of hydrogen-bond acceptors (Lipinski definition) is 5. The zero-order valence-corrected chi connectivity index (χ0v) is 12.2. The van der Waals surface area contributed by atoms with Gasteiger partial charge in [0, 0.05) is 11.9 Å². The number of fused-ring (bicyclic) bond motifs is 1. The number of aliphatic carboxylic acids is 1. The summed E-state index contributed by atoms with van der Waals surface area (Å²) in [5, 5.41) is 13.6. The molecule has 1 unspecified atom stereocenters. The number of carboxylic acid groups (broad SMARTS) is 1. The van der Waals surface area contributed by atoms with Gasteiger partial charge in [0.25, 0.3) is 0 Å². The predicted octanol–water partition coefficient (Wildman–Crippen LogP) is -0.291. The maximum Gasteiger partial charge on any atom is 0.328 e. The first-order chi connectivity index (χ1) is 11.1. The van der Waals surface area contributed by atoms with E-state index in [-0.39, 0.29) is 31.0 Å². The fourth-order valence-corrected chi connectivity index (χ4v) is 2.61. The van der Waals surface area contributed by atoms with Crippen molar-refractivity contribution in [1.82, 2.24) is 14.7 Å². The fourth-order valence-electron chi connectivity index (χ4n) is 2.61. The van der Waals surface area contributed by atoms with Gasteiger partial charge in [-0.05, 0) is 12.1 Å². The molecule has 1 aliphatic heterocycles. The van der Waals surface area contributed by atoms with Crippen LogP contribution < -0.4 is 5.43 Å². The molecule has 1 N–H and O–H groups in total. The summed E-state index contributed by atoms with van der Waals surface area (Å²) in [6.07, 6.45) is 1.16. The second-order valence-corrected chi connectivity index (χ2v) is 5.20. The summed E-state index contributed by atoms with van der Waals surface area (Å²) < 4.78 is 6.53. The molecule has 1 aromatic heterocycles. The van der Waals surface area contributed by atoms with Gasteiger partial charge in [0.2, 0.25) is 11.3 Å². The van der Waals surface area contributed by atoms with Crippen LogP contribution in [0, 0.1) is 0 Å². The van der Waals surface area contributed by atoms with E-state index >= 15 is 0 Å². The number of rotatable bonds is 3. The molecule has 1 aromatic carbocycles. The van der Waals surface area contributed by atoms with Crippen LogP contribution >= 0.6 is 0 Å². The van der Waals surface area contributed by atoms with Crippen molar-refractivity contribution in [2.24, 2.45) is 0 Å². The molecular weight excluding hydrogens is 302 g/mol. The van der Waals surface area contributed by atoms with Gasteiger partial charge in [-0.25, -0.2) is 4.79 Å². The number of para-hydroxylation sites is 1. The second-order valence-electron chi connectivity index (χ2n) is 5.20. The second kappa shape index (κ2) is 6.17. The topological polar surface area (TPSA) is 102 Å². The number of aromatic nitrogens is 2. The predicted molar refractivity (Wildman–Crippen MR) is 80.0 cm³/mol. The zero-order chi connectivity index (χ0) is 16.4. The summed E-state index contributed by atoms with van der Waals surface area (Å²) in [6.45, 7) is 0.353. The SMILES string of the molecule is O=C(O)C1COCCN1C(=O)Cn1ncc(=O)c2ccccc21. The first-order valence-electron chi connectivity index (χ1n) is 7.13. The van der Waals surface area contributed by atoms with E-state index in [0.29, 0.717) is 17.5 Å². The third-order valence-corrected chi connectivity index (χ3v) is 3.78. The van der Waals surface area contributed by atoms with Gasteiger partial charge in [0.05, 0.1) is 24.9 Å². The van der Waals surface area contributed by atoms with Crippen LogP contribution in [-0.2, 0) is 20.9 Å². The molecule has 23 heavy (non-hydrogen) atoms. The lowest BCUT2D eigenvalue weighted by Crippen LogP contribution is -2.53. The molecule has 1 saturated heterocycles. The van der Waals surface area contributed by atoms with E-state index < -0.39 is 12.0 Å². The molecule has 0 spiro atoms. The van der Waals surface area contributed by atoms with Crippen LogP contribution in [0.25, 0.3) is 10.9 Å². The number of ether oxygens (including phenoxy) is 1. The van der Waals surface area contributed by atoms with Crippen molar-refractivity contribution in [3.8, 4) is 0 Å². The minimum atomic E-state index is -1.10. The number of amides is 1. The maximum atomic E-state index is 12.5. The average Bonchev–Trinajstić information content (AvgIpc) is 2.57. The first kappa shape index (κ1) is 15.2. The van der Waals surface area contributed by atoms with E-state index in [1.54, 1.807) is 24.3 Å². The van der Waals surface area contributed by atoms with Crippen molar-refractivity contribution in [2.75, 3.05) is 19.8 Å². The standard InChI is InChI=1S/C15H15N3O5/c19-13-7-16-18(11-4-2-1-3-10(11)13)8-14(20)17-5-6-23-9-12(17)15(21)22/h1-4,7,12H,5-6,8-9H2,(H,21,22). The Balaban J connectivity index is 1.90. The van der Waals surface area contributed by atoms with Crippen LogP contribution in [0.2, 0.25) is 0 Å². The molecular formula is C15H15N3O5. The van der Waals surface area contributed by atoms with Gasteiger partial charge in [0.1, 0.15) is 6.54 Å². The summed E-state index contributed by atoms with van der Waals surface area (Å²) >= 11 is 0. The molecule has 2 aromatic rings. The Morgan fingerprint density at radius 1 is 1.35 bits per heavy atom. The molecule has 8 nitrogen and oxygen atoms in total. The maximum absolute atomic E-state index is 12.5. The number of morpholine rings is 1. The number of hydrogen-bond donors (Lipinski definition) is 1. The van der Waals surface area contributed by atoms with Crippen LogP contribution in [0.1, 0.15) is 0 Å². The van der Waals surface area contributed by atoms with Crippen molar-refractivity contribution in [1.29, 1.82) is 0 Å². The Hall–Kier alpha value is -2.74. The Morgan fingerprint density at radius 3 is 2.91 bits per heavy atom. The van der Waals surface area contributed by atoms with Gasteiger partial charge >= 0.3 is 5.97 Å². The zero-order valence-electron chi connectivity index (χ0n) is 12.2. The van der Waals surface area contributed by atoms with Gasteiger partial charge in [-0.1, -0.05) is 12.1 Å². The number of carboxylic acids is 1. The Bertz CT molecular complexity index is 816. The molecule has 0 saturated carbocycles. The van der Waals surface area contributed by atoms with Crippen molar-refractivity contribution in [3.63, 3.8) is 0 Å². The molecule has 0 aliphatic carbocycles. The smallest absolute Gasteiger partial charge is 0.328 e. The summed E-state index contributed by atoms with van der Waals surface area (Å²) in [5.74, 6) is -1.47. The van der Waals surface area contributed by atoms with Gasteiger partial charge in [0.15, 0.2) is 6.04 Å². The molecule has 1 fully saturated rings. The van der Waals surface area contributed by atoms with Gasteiger partial charge in [-0.3, -0.25) is 14.3 Å². The van der Waals surface area contributed by atoms with Crippen LogP contribution in [-0.4, -0.2) is 57.5 Å². The highest BCUT2D eigenvalue weighted by Crippen LogP contribution is 2.11. The molecule has 0 bridgehead atoms. The molecule has 1 amide bonds. The third kappa shape index (κ3) is 2.93. The number of carbonyl (C=O) groups is 2. The lowest BCUT2D eigenvalue weighted by molar-refractivity contribution is -0.158. The summed E-state index contributed by atoms with van der Waals surface area (Å²) in [4.78, 5) is 36.8. The van der Waals surface area contributed by atoms with Crippen LogP contribution in [0.3, 0.4) is 0 Å². The highest BCUT2D eigenvalue weighted by molar-refractivity contribution is 5.85. The van der Waals surface area contributed by atoms with Crippen LogP contribution in [0.5, 0.6) is 0 Å². The molecule has 120 valence electrons. The summed E-state index contributed by atoms with van der Waals surface area (Å²) in [7, 11) is 0. The number of benzene rings is 1. The largest absolute Gasteiger partial charge is 0.480 e. The Labute approximate surface area is 130 Å². The minimum Gasteiger partial charge on any atom is -0.480 e. The van der Waals surface area contributed by atoms with Gasteiger partial charge < -0.3 is 14.7 Å². The van der Waals surface area contributed by atoms with Gasteiger partial charge in [-0.2, -0.15) is 5.10 Å². The first-order valence-corrected chi connectivity index (χ1v) is 7.13. The lowest BCUT2D eigenvalue weighted by Gasteiger charge is -2.33. The number of carbonyl (C=O) groups excluding carboxylic acids is 1. The normalized spacial score (nSPS) is 18.1. The van der Waals surface area contributed by atoms with E-state index in [2.05, 4.69) is 5.10 Å². The van der Waals surface area contributed by atoms with Crippen molar-refractivity contribution < 1.29 is 19.4 Å². The third-order valence-electron chi connectivity index (χ3n) is 3.78. The van der Waals surface area contributed by atoms with Gasteiger partial charge in [-0.15, -0.1) is 0 Å². The molecule has 1 aliphatic rings. The molecule has 3 rings (SSSR count).